The van der Waals surface area contributed by atoms with Gasteiger partial charge in [0.1, 0.15) is 17.7 Å². The number of aryl methyl sites for hydroxylation is 2. The molecule has 4 nitrogen and oxygen atoms in total. The number of hydrogen-bond acceptors (Lipinski definition) is 3. The van der Waals surface area contributed by atoms with Crippen LogP contribution in [0.3, 0.4) is 0 Å². The Kier molecular flexibility index (Phi) is 3.21. The Morgan fingerprint density at radius 2 is 2.24 bits per heavy atom. The molecule has 0 radical (unpaired) electrons. The third kappa shape index (κ3) is 2.20. The normalized spacial score (nSPS) is 12.7. The molecule has 3 N–H and O–H groups in total. The van der Waals surface area contributed by atoms with Crippen LogP contribution in [0.25, 0.3) is 0 Å². The maximum Gasteiger partial charge on any atom is 0.131 e. The predicted octanol–water partition coefficient (Wildman–Crippen LogP) is 1.42. The van der Waals surface area contributed by atoms with Crippen LogP contribution in [0.4, 0.5) is 4.39 Å². The lowest BCUT2D eigenvalue weighted by Gasteiger charge is -2.17. The van der Waals surface area contributed by atoms with Crippen LogP contribution in [-0.2, 0) is 7.05 Å². The van der Waals surface area contributed by atoms with Gasteiger partial charge < -0.3 is 4.57 Å². The summed E-state index contributed by atoms with van der Waals surface area (Å²) in [5.74, 6) is 5.90. The van der Waals surface area contributed by atoms with Crippen LogP contribution in [0.15, 0.2) is 30.6 Å². The number of rotatable bonds is 3. The summed E-state index contributed by atoms with van der Waals surface area (Å²) in [5.41, 5.74) is 3.97. The van der Waals surface area contributed by atoms with Crippen molar-refractivity contribution in [2.75, 3.05) is 0 Å². The van der Waals surface area contributed by atoms with E-state index < -0.39 is 6.04 Å². The van der Waals surface area contributed by atoms with Crippen molar-refractivity contribution in [3.63, 3.8) is 0 Å². The second kappa shape index (κ2) is 4.65. The van der Waals surface area contributed by atoms with Gasteiger partial charge in [-0.3, -0.25) is 5.84 Å². The quantitative estimate of drug-likeness (QED) is 0.624. The molecule has 0 bridgehead atoms. The zero-order valence-electron chi connectivity index (χ0n) is 9.81. The molecule has 1 unspecified atom stereocenters. The summed E-state index contributed by atoms with van der Waals surface area (Å²) in [6.07, 6.45) is 3.46. The molecule has 0 amide bonds. The van der Waals surface area contributed by atoms with Crippen LogP contribution in [0.1, 0.15) is 23.0 Å². The lowest BCUT2D eigenvalue weighted by Crippen LogP contribution is -2.31. The Morgan fingerprint density at radius 1 is 1.47 bits per heavy atom. The first-order valence-corrected chi connectivity index (χ1v) is 5.33. The van der Waals surface area contributed by atoms with Crippen LogP contribution in [-0.4, -0.2) is 9.55 Å². The highest BCUT2D eigenvalue weighted by Crippen LogP contribution is 2.22. The summed E-state index contributed by atoms with van der Waals surface area (Å²) in [5, 5.41) is 0. The monoisotopic (exact) mass is 234 g/mol. The van der Waals surface area contributed by atoms with E-state index in [1.165, 1.54) is 6.07 Å². The summed E-state index contributed by atoms with van der Waals surface area (Å²) >= 11 is 0. The molecule has 0 saturated heterocycles. The molecule has 1 aromatic heterocycles. The Balaban J connectivity index is 2.46. The maximum atomic E-state index is 13.9. The topological polar surface area (TPSA) is 55.9 Å². The molecular weight excluding hydrogens is 219 g/mol. The third-order valence-corrected chi connectivity index (χ3v) is 2.75. The highest BCUT2D eigenvalue weighted by atomic mass is 19.1. The lowest BCUT2D eigenvalue weighted by molar-refractivity contribution is 0.532. The van der Waals surface area contributed by atoms with E-state index in [2.05, 4.69) is 10.4 Å². The van der Waals surface area contributed by atoms with Crippen molar-refractivity contribution in [1.82, 2.24) is 15.0 Å². The van der Waals surface area contributed by atoms with E-state index in [9.17, 15) is 4.39 Å². The fraction of sp³-hybridized carbons (Fsp3) is 0.250. The lowest BCUT2D eigenvalue weighted by atomic mass is 10.0. The minimum absolute atomic E-state index is 0.282. The van der Waals surface area contributed by atoms with Crippen molar-refractivity contribution in [3.05, 3.63) is 53.4 Å². The Labute approximate surface area is 99.2 Å². The molecule has 2 aromatic rings. The molecule has 1 heterocycles. The molecule has 5 heteroatoms. The summed E-state index contributed by atoms with van der Waals surface area (Å²) in [7, 11) is 1.85. The van der Waals surface area contributed by atoms with Crippen LogP contribution in [0.2, 0.25) is 0 Å². The molecule has 90 valence electrons. The van der Waals surface area contributed by atoms with Crippen molar-refractivity contribution in [2.45, 2.75) is 13.0 Å². The average molecular weight is 234 g/mol. The van der Waals surface area contributed by atoms with Crippen LogP contribution in [0.5, 0.6) is 0 Å². The van der Waals surface area contributed by atoms with Gasteiger partial charge in [-0.2, -0.15) is 0 Å². The minimum atomic E-state index is -0.449. The van der Waals surface area contributed by atoms with Gasteiger partial charge in [0.25, 0.3) is 0 Å². The number of aromatic nitrogens is 2. The van der Waals surface area contributed by atoms with Crippen molar-refractivity contribution in [1.29, 1.82) is 0 Å². The number of nitrogens with one attached hydrogen (secondary N) is 1. The Hall–Kier alpha value is -1.72. The SMILES string of the molecule is Cc1ccc(C(NN)c2nccn2C)c(F)c1. The zero-order valence-corrected chi connectivity index (χ0v) is 9.81. The van der Waals surface area contributed by atoms with E-state index in [0.717, 1.165) is 5.56 Å². The Bertz CT molecular complexity index is 521. The molecule has 2 rings (SSSR count). The fourth-order valence-electron chi connectivity index (χ4n) is 1.82. The van der Waals surface area contributed by atoms with Gasteiger partial charge in [-0.15, -0.1) is 0 Å². The van der Waals surface area contributed by atoms with Gasteiger partial charge in [0.05, 0.1) is 0 Å². The molecule has 1 aromatic carbocycles. The maximum absolute atomic E-state index is 13.9. The molecule has 0 aliphatic heterocycles. The first-order chi connectivity index (χ1) is 8.13. The largest absolute Gasteiger partial charge is 0.336 e. The number of hydrogen-bond donors (Lipinski definition) is 2. The second-order valence-corrected chi connectivity index (χ2v) is 4.02. The van der Waals surface area contributed by atoms with Crippen LogP contribution < -0.4 is 11.3 Å². The van der Waals surface area contributed by atoms with E-state index >= 15 is 0 Å². The van der Waals surface area contributed by atoms with Gasteiger partial charge >= 0.3 is 0 Å². The molecule has 0 spiro atoms. The summed E-state index contributed by atoms with van der Waals surface area (Å²) in [6, 6.07) is 4.62. The Morgan fingerprint density at radius 3 is 2.76 bits per heavy atom. The third-order valence-electron chi connectivity index (χ3n) is 2.75. The highest BCUT2D eigenvalue weighted by Gasteiger charge is 2.19. The number of nitrogens with zero attached hydrogens (tertiary/aromatic N) is 2. The van der Waals surface area contributed by atoms with E-state index in [0.29, 0.717) is 11.4 Å². The molecule has 0 aliphatic rings. The molecule has 1 atom stereocenters. The molecular formula is C12H15FN4. The van der Waals surface area contributed by atoms with Crippen molar-refractivity contribution in [3.8, 4) is 0 Å². The van der Waals surface area contributed by atoms with Gasteiger partial charge in [-0.25, -0.2) is 14.8 Å². The molecule has 0 saturated carbocycles. The van der Waals surface area contributed by atoms with Gasteiger partial charge in [-0.05, 0) is 18.6 Å². The zero-order chi connectivity index (χ0) is 12.4. The highest BCUT2D eigenvalue weighted by molar-refractivity contribution is 5.30. The number of benzene rings is 1. The predicted molar refractivity (Wildman–Crippen MR) is 63.5 cm³/mol. The minimum Gasteiger partial charge on any atom is -0.336 e. The van der Waals surface area contributed by atoms with E-state index in [1.807, 2.05) is 24.6 Å². The van der Waals surface area contributed by atoms with E-state index in [-0.39, 0.29) is 5.82 Å². The fourth-order valence-corrected chi connectivity index (χ4v) is 1.82. The van der Waals surface area contributed by atoms with Crippen LogP contribution >= 0.6 is 0 Å². The summed E-state index contributed by atoms with van der Waals surface area (Å²) < 4.78 is 15.7. The smallest absolute Gasteiger partial charge is 0.131 e. The average Bonchev–Trinajstić information content (AvgIpc) is 2.69. The van der Waals surface area contributed by atoms with Crippen molar-refractivity contribution in [2.24, 2.45) is 12.9 Å². The second-order valence-electron chi connectivity index (χ2n) is 4.02. The van der Waals surface area contributed by atoms with E-state index in [1.54, 1.807) is 18.5 Å². The number of imidazole rings is 1. The molecule has 0 fully saturated rings. The van der Waals surface area contributed by atoms with E-state index in [4.69, 9.17) is 5.84 Å². The van der Waals surface area contributed by atoms with Gasteiger partial charge in [-0.1, -0.05) is 12.1 Å². The first kappa shape index (κ1) is 11.8. The first-order valence-electron chi connectivity index (χ1n) is 5.33. The number of nitrogens with two attached hydrogens (primary N) is 1. The molecule has 0 aliphatic carbocycles. The number of hydrazine groups is 1. The number of halogens is 1. The standard InChI is InChI=1S/C12H15FN4/c1-8-3-4-9(10(13)7-8)11(16-14)12-15-5-6-17(12)2/h3-7,11,16H,14H2,1-2H3. The summed E-state index contributed by atoms with van der Waals surface area (Å²) in [6.45, 7) is 1.85. The van der Waals surface area contributed by atoms with Gasteiger partial charge in [0.15, 0.2) is 0 Å². The molecule has 17 heavy (non-hydrogen) atoms. The summed E-state index contributed by atoms with van der Waals surface area (Å²) in [4.78, 5) is 4.18. The van der Waals surface area contributed by atoms with Crippen LogP contribution in [0, 0.1) is 12.7 Å². The van der Waals surface area contributed by atoms with Crippen molar-refractivity contribution < 1.29 is 4.39 Å². The van der Waals surface area contributed by atoms with Crippen molar-refractivity contribution >= 4 is 0 Å². The van der Waals surface area contributed by atoms with Gasteiger partial charge in [0, 0.05) is 25.0 Å². The van der Waals surface area contributed by atoms with Gasteiger partial charge in [0.2, 0.25) is 0 Å².